The SMILES string of the molecule is CC[C@H](C)[C@@H](C(=O)N[C@@H](Cc1ccccc1)[C@@H](O)CN(Cc1ccc(OC)cc1)NC(=O)[C@@H](NC(=O)OC)C(C)(C)C)N1CCN(Cc2cccc3cccnc23)C1=O. The van der Waals surface area contributed by atoms with Crippen LogP contribution in [0, 0.1) is 11.3 Å². The largest absolute Gasteiger partial charge is 0.497 e. The second-order valence-electron chi connectivity index (χ2n) is 16.2. The number of hydrazine groups is 1. The van der Waals surface area contributed by atoms with Crippen LogP contribution in [0.2, 0.25) is 0 Å². The van der Waals surface area contributed by atoms with Gasteiger partial charge in [-0.1, -0.05) is 108 Å². The first kappa shape index (κ1) is 44.4. The van der Waals surface area contributed by atoms with Gasteiger partial charge in [-0.3, -0.25) is 20.0 Å². The molecule has 0 saturated carbocycles. The minimum Gasteiger partial charge on any atom is -0.497 e. The van der Waals surface area contributed by atoms with E-state index in [2.05, 4.69) is 21.0 Å². The molecule has 1 saturated heterocycles. The molecule has 14 nitrogen and oxygen atoms in total. The van der Waals surface area contributed by atoms with E-state index in [1.54, 1.807) is 40.2 Å². The summed E-state index contributed by atoms with van der Waals surface area (Å²) in [5.74, 6) is -0.427. The lowest BCUT2D eigenvalue weighted by Crippen LogP contribution is -2.60. The molecule has 5 atom stereocenters. The highest BCUT2D eigenvalue weighted by Gasteiger charge is 2.41. The molecular weight excluding hydrogens is 751 g/mol. The van der Waals surface area contributed by atoms with Gasteiger partial charge in [0.25, 0.3) is 5.91 Å². The van der Waals surface area contributed by atoms with Crippen molar-refractivity contribution in [3.63, 3.8) is 0 Å². The molecule has 1 fully saturated rings. The van der Waals surface area contributed by atoms with Gasteiger partial charge in [-0.2, -0.15) is 0 Å². The molecule has 5 rings (SSSR count). The number of ether oxygens (including phenoxy) is 2. The van der Waals surface area contributed by atoms with E-state index in [9.17, 15) is 24.3 Å². The number of carbonyl (C=O) groups excluding carboxylic acids is 4. The van der Waals surface area contributed by atoms with Gasteiger partial charge in [-0.15, -0.1) is 0 Å². The predicted molar refractivity (Wildman–Crippen MR) is 226 cm³/mol. The van der Waals surface area contributed by atoms with Crippen molar-refractivity contribution >= 4 is 34.8 Å². The van der Waals surface area contributed by atoms with Crippen LogP contribution in [0.4, 0.5) is 9.59 Å². The zero-order chi connectivity index (χ0) is 42.7. The van der Waals surface area contributed by atoms with Gasteiger partial charge in [0.05, 0.1) is 31.9 Å². The molecule has 2 heterocycles. The number of hydrogen-bond acceptors (Lipinski definition) is 9. The van der Waals surface area contributed by atoms with E-state index < -0.39 is 41.6 Å². The third-order valence-electron chi connectivity index (χ3n) is 10.9. The molecule has 0 aliphatic carbocycles. The Morgan fingerprint density at radius 3 is 2.27 bits per heavy atom. The van der Waals surface area contributed by atoms with Gasteiger partial charge in [0.15, 0.2) is 0 Å². The highest BCUT2D eigenvalue weighted by Crippen LogP contribution is 2.26. The van der Waals surface area contributed by atoms with Crippen LogP contribution >= 0.6 is 0 Å². The van der Waals surface area contributed by atoms with Crippen molar-refractivity contribution in [2.24, 2.45) is 11.3 Å². The summed E-state index contributed by atoms with van der Waals surface area (Å²) in [6.07, 6.45) is 0.686. The summed E-state index contributed by atoms with van der Waals surface area (Å²) in [6, 6.07) is 23.8. The number of urea groups is 1. The van der Waals surface area contributed by atoms with Crippen molar-refractivity contribution in [2.45, 2.75) is 84.8 Å². The Hall–Kier alpha value is -5.73. The molecule has 316 valence electrons. The first-order valence-electron chi connectivity index (χ1n) is 20.2. The third kappa shape index (κ3) is 11.7. The fourth-order valence-electron chi connectivity index (χ4n) is 7.38. The number of fused-ring (bicyclic) bond motifs is 1. The van der Waals surface area contributed by atoms with Gasteiger partial charge >= 0.3 is 12.1 Å². The average molecular weight is 810 g/mol. The number of aromatic nitrogens is 1. The van der Waals surface area contributed by atoms with Gasteiger partial charge in [0.1, 0.15) is 17.8 Å². The van der Waals surface area contributed by atoms with E-state index in [1.165, 1.54) is 7.11 Å². The van der Waals surface area contributed by atoms with Crippen LogP contribution in [0.1, 0.15) is 57.7 Å². The number of alkyl carbamates (subject to hydrolysis) is 1. The van der Waals surface area contributed by atoms with Crippen molar-refractivity contribution < 1.29 is 33.8 Å². The molecule has 14 heteroatoms. The number of methoxy groups -OCH3 is 2. The minimum absolute atomic E-state index is 0.103. The molecule has 4 N–H and O–H groups in total. The molecule has 4 aromatic rings. The quantitative estimate of drug-likeness (QED) is 0.0979. The summed E-state index contributed by atoms with van der Waals surface area (Å²) in [4.78, 5) is 62.8. The first-order valence-corrected chi connectivity index (χ1v) is 20.2. The number of nitrogens with zero attached hydrogens (tertiary/aromatic N) is 4. The number of amides is 5. The van der Waals surface area contributed by atoms with Crippen molar-refractivity contribution in [1.29, 1.82) is 0 Å². The van der Waals surface area contributed by atoms with Crippen LogP contribution in [0.15, 0.2) is 91.1 Å². The Morgan fingerprint density at radius 2 is 1.61 bits per heavy atom. The second kappa shape index (κ2) is 20.3. The van der Waals surface area contributed by atoms with Crippen LogP contribution in [0.25, 0.3) is 10.9 Å². The second-order valence-corrected chi connectivity index (χ2v) is 16.2. The van der Waals surface area contributed by atoms with Crippen LogP contribution in [-0.2, 0) is 33.8 Å². The fraction of sp³-hybridized carbons (Fsp3) is 0.444. The summed E-state index contributed by atoms with van der Waals surface area (Å²) in [5, 5.41) is 20.5. The maximum atomic E-state index is 14.6. The average Bonchev–Trinajstić information content (AvgIpc) is 3.57. The number of pyridine rings is 1. The van der Waals surface area contributed by atoms with Crippen LogP contribution < -0.4 is 20.8 Å². The minimum atomic E-state index is -1.21. The van der Waals surface area contributed by atoms with Crippen LogP contribution in [-0.4, -0.2) is 107 Å². The Morgan fingerprint density at radius 1 is 0.898 bits per heavy atom. The number of carbonyl (C=O) groups is 4. The smallest absolute Gasteiger partial charge is 0.407 e. The third-order valence-corrected chi connectivity index (χ3v) is 10.9. The summed E-state index contributed by atoms with van der Waals surface area (Å²) in [5.41, 5.74) is 5.67. The molecule has 1 aliphatic heterocycles. The Labute approximate surface area is 347 Å². The molecule has 0 spiro atoms. The highest BCUT2D eigenvalue weighted by atomic mass is 16.5. The summed E-state index contributed by atoms with van der Waals surface area (Å²) in [6.45, 7) is 10.6. The standard InChI is InChI=1S/C45H59N7O7/c1-8-30(2)39(52-25-24-50(44(52)57)28-34-17-12-16-33-18-13-23-46-38(33)34)41(54)47-36(26-31-14-10-9-11-15-31)37(53)29-51(27-32-19-21-35(58-6)22-20-32)49-42(55)40(45(3,4)5)48-43(56)59-7/h9-23,30,36-37,39-40,53H,8,24-29H2,1-7H3,(H,47,54)(H,48,56)(H,49,55)/t30-,36-,37-,39-,40+/m0/s1. The van der Waals surface area contributed by atoms with Gasteiger partial charge in [0.2, 0.25) is 5.91 Å². The van der Waals surface area contributed by atoms with E-state index >= 15 is 0 Å². The molecular formula is C45H59N7O7. The molecule has 0 bridgehead atoms. The van der Waals surface area contributed by atoms with Gasteiger partial charge < -0.3 is 35.0 Å². The number of aliphatic hydroxyl groups is 1. The molecule has 0 unspecified atom stereocenters. The number of nitrogens with one attached hydrogen (secondary N) is 3. The zero-order valence-electron chi connectivity index (χ0n) is 35.2. The molecule has 59 heavy (non-hydrogen) atoms. The van der Waals surface area contributed by atoms with Crippen LogP contribution in [0.3, 0.4) is 0 Å². The number of hydrogen-bond donors (Lipinski definition) is 4. The van der Waals surface area contributed by atoms with E-state index in [1.807, 2.05) is 107 Å². The van der Waals surface area contributed by atoms with Crippen molar-refractivity contribution in [3.8, 4) is 5.75 Å². The van der Waals surface area contributed by atoms with Gasteiger partial charge in [0, 0.05) is 44.3 Å². The monoisotopic (exact) mass is 809 g/mol. The number of benzene rings is 3. The van der Waals surface area contributed by atoms with Gasteiger partial charge in [-0.05, 0) is 52.6 Å². The molecule has 1 aliphatic rings. The lowest BCUT2D eigenvalue weighted by Gasteiger charge is -2.36. The summed E-state index contributed by atoms with van der Waals surface area (Å²) >= 11 is 0. The normalized spacial score (nSPS) is 15.6. The maximum absolute atomic E-state index is 14.6. The summed E-state index contributed by atoms with van der Waals surface area (Å²) in [7, 11) is 2.80. The van der Waals surface area contributed by atoms with E-state index in [4.69, 9.17) is 9.47 Å². The predicted octanol–water partition coefficient (Wildman–Crippen LogP) is 5.29. The molecule has 0 radical (unpaired) electrons. The zero-order valence-corrected chi connectivity index (χ0v) is 35.2. The Bertz CT molecular complexity index is 2020. The topological polar surface area (TPSA) is 166 Å². The summed E-state index contributed by atoms with van der Waals surface area (Å²) < 4.78 is 10.1. The molecule has 1 aromatic heterocycles. The van der Waals surface area contributed by atoms with Crippen LogP contribution in [0.5, 0.6) is 5.75 Å². The first-order chi connectivity index (χ1) is 28.2. The lowest BCUT2D eigenvalue weighted by molar-refractivity contribution is -0.132. The molecule has 5 amide bonds. The van der Waals surface area contributed by atoms with Crippen molar-refractivity contribution in [1.82, 2.24) is 35.9 Å². The van der Waals surface area contributed by atoms with E-state index in [-0.39, 0.29) is 37.4 Å². The number of para-hydroxylation sites is 1. The number of aliphatic hydroxyl groups excluding tert-OH is 1. The maximum Gasteiger partial charge on any atom is 0.407 e. The Kier molecular flexibility index (Phi) is 15.3. The van der Waals surface area contributed by atoms with E-state index in [0.29, 0.717) is 31.8 Å². The Balaban J connectivity index is 1.40. The molecule has 3 aromatic carbocycles. The fourth-order valence-corrected chi connectivity index (χ4v) is 7.38. The lowest BCUT2D eigenvalue weighted by atomic mass is 9.86. The highest BCUT2D eigenvalue weighted by molar-refractivity contribution is 5.89. The van der Waals surface area contributed by atoms with Crippen molar-refractivity contribution in [3.05, 3.63) is 108 Å². The van der Waals surface area contributed by atoms with Crippen molar-refractivity contribution in [2.75, 3.05) is 33.9 Å². The van der Waals surface area contributed by atoms with E-state index in [0.717, 1.165) is 27.6 Å². The number of rotatable bonds is 18. The van der Waals surface area contributed by atoms with Gasteiger partial charge in [-0.25, -0.2) is 14.6 Å².